The number of oxazole rings is 1. The second-order valence-electron chi connectivity index (χ2n) is 7.09. The van der Waals surface area contributed by atoms with E-state index in [1.54, 1.807) is 31.4 Å². The topological polar surface area (TPSA) is 122 Å². The van der Waals surface area contributed by atoms with Crippen LogP contribution < -0.4 is 15.8 Å². The van der Waals surface area contributed by atoms with Gasteiger partial charge in [0.25, 0.3) is 0 Å². The highest BCUT2D eigenvalue weighted by molar-refractivity contribution is 7.89. The Kier molecular flexibility index (Phi) is 5.35. The molecule has 0 spiro atoms. The predicted octanol–water partition coefficient (Wildman–Crippen LogP) is 2.17. The number of hydrogen-bond acceptors (Lipinski definition) is 6. The van der Waals surface area contributed by atoms with E-state index in [2.05, 4.69) is 10.3 Å². The molecule has 158 valence electrons. The Balaban J connectivity index is 1.50. The molecule has 0 saturated carbocycles. The molecule has 1 aliphatic heterocycles. The van der Waals surface area contributed by atoms with Gasteiger partial charge in [0, 0.05) is 24.8 Å². The number of methoxy groups -OCH3 is 1. The van der Waals surface area contributed by atoms with E-state index in [1.165, 1.54) is 22.5 Å². The fourth-order valence-electron chi connectivity index (χ4n) is 3.53. The Labute approximate surface area is 172 Å². The van der Waals surface area contributed by atoms with Crippen molar-refractivity contribution >= 4 is 32.7 Å². The molecule has 2 N–H and O–H groups in total. The highest BCUT2D eigenvalue weighted by Crippen LogP contribution is 2.26. The van der Waals surface area contributed by atoms with Gasteiger partial charge in [0.05, 0.1) is 23.4 Å². The van der Waals surface area contributed by atoms with E-state index in [1.807, 2.05) is 0 Å². The lowest BCUT2D eigenvalue weighted by Gasteiger charge is -2.31. The van der Waals surface area contributed by atoms with Gasteiger partial charge in [0.1, 0.15) is 5.75 Å². The lowest BCUT2D eigenvalue weighted by molar-refractivity contribution is -0.120. The summed E-state index contributed by atoms with van der Waals surface area (Å²) in [7, 11) is -2.27. The zero-order valence-corrected chi connectivity index (χ0v) is 17.1. The molecule has 10 heteroatoms. The van der Waals surface area contributed by atoms with Crippen molar-refractivity contribution in [3.8, 4) is 5.75 Å². The number of ether oxygens (including phenoxy) is 1. The molecule has 2 aromatic carbocycles. The van der Waals surface area contributed by atoms with Gasteiger partial charge in [-0.2, -0.15) is 4.31 Å². The number of carbonyl (C=O) groups is 1. The monoisotopic (exact) mass is 431 g/mol. The molecule has 30 heavy (non-hydrogen) atoms. The van der Waals surface area contributed by atoms with Crippen molar-refractivity contribution in [1.29, 1.82) is 0 Å². The van der Waals surface area contributed by atoms with Crippen LogP contribution in [0.3, 0.4) is 0 Å². The van der Waals surface area contributed by atoms with Crippen LogP contribution in [0.25, 0.3) is 11.1 Å². The number of nitrogens with zero attached hydrogens (tertiary/aromatic N) is 1. The zero-order valence-electron chi connectivity index (χ0n) is 16.3. The number of aromatic nitrogens is 1. The third-order valence-electron chi connectivity index (χ3n) is 5.14. The first kappa shape index (κ1) is 20.2. The van der Waals surface area contributed by atoms with Gasteiger partial charge in [0.2, 0.25) is 15.9 Å². The van der Waals surface area contributed by atoms with Crippen molar-refractivity contribution in [2.24, 2.45) is 5.92 Å². The predicted molar refractivity (Wildman–Crippen MR) is 110 cm³/mol. The number of nitrogens with one attached hydrogen (secondary N) is 2. The van der Waals surface area contributed by atoms with Gasteiger partial charge < -0.3 is 14.5 Å². The number of rotatable bonds is 5. The standard InChI is InChI=1S/C20H21N3O6S/c1-28-15-6-4-14(5-7-15)21-19(24)13-3-2-10-23(12-13)30(26,27)16-8-9-17-18(11-16)29-20(25)22-17/h4-9,11,13H,2-3,10,12H2,1H3,(H,21,24)(H,22,25)/t13-/m1/s1. The maximum Gasteiger partial charge on any atom is 0.417 e. The first-order valence-electron chi connectivity index (χ1n) is 9.45. The Morgan fingerprint density at radius 1 is 1.23 bits per heavy atom. The number of aromatic amines is 1. The summed E-state index contributed by atoms with van der Waals surface area (Å²) in [5.74, 6) is -0.664. The SMILES string of the molecule is COc1ccc(NC(=O)[C@@H]2CCCN(S(=O)(=O)c3ccc4[nH]c(=O)oc4c3)C2)cc1. The van der Waals surface area contributed by atoms with E-state index in [0.29, 0.717) is 36.3 Å². The second kappa shape index (κ2) is 7.96. The number of piperidine rings is 1. The first-order chi connectivity index (χ1) is 14.4. The highest BCUT2D eigenvalue weighted by Gasteiger charge is 2.33. The van der Waals surface area contributed by atoms with Crippen molar-refractivity contribution in [2.45, 2.75) is 17.7 Å². The molecule has 9 nitrogen and oxygen atoms in total. The quantitative estimate of drug-likeness (QED) is 0.639. The lowest BCUT2D eigenvalue weighted by atomic mass is 9.99. The van der Waals surface area contributed by atoms with Crippen LogP contribution >= 0.6 is 0 Å². The summed E-state index contributed by atoms with van der Waals surface area (Å²) in [6, 6.07) is 11.2. The summed E-state index contributed by atoms with van der Waals surface area (Å²) in [5, 5.41) is 2.83. The van der Waals surface area contributed by atoms with Gasteiger partial charge >= 0.3 is 5.76 Å². The number of H-pyrrole nitrogens is 1. The molecule has 4 rings (SSSR count). The van der Waals surface area contributed by atoms with E-state index in [4.69, 9.17) is 9.15 Å². The van der Waals surface area contributed by atoms with Crippen LogP contribution in [-0.2, 0) is 14.8 Å². The van der Waals surface area contributed by atoms with E-state index >= 15 is 0 Å². The number of fused-ring (bicyclic) bond motifs is 1. The second-order valence-corrected chi connectivity index (χ2v) is 9.03. The Bertz CT molecular complexity index is 1230. The van der Waals surface area contributed by atoms with E-state index in [9.17, 15) is 18.0 Å². The number of hydrogen-bond donors (Lipinski definition) is 2. The van der Waals surface area contributed by atoms with E-state index < -0.39 is 21.7 Å². The number of amides is 1. The molecule has 0 aliphatic carbocycles. The third kappa shape index (κ3) is 3.96. The van der Waals surface area contributed by atoms with Crippen LogP contribution in [0.1, 0.15) is 12.8 Å². The minimum absolute atomic E-state index is 0.0222. The smallest absolute Gasteiger partial charge is 0.417 e. The molecule has 0 bridgehead atoms. The maximum absolute atomic E-state index is 13.1. The molecule has 2 heterocycles. The van der Waals surface area contributed by atoms with Gasteiger partial charge in [-0.25, -0.2) is 13.2 Å². The molecule has 1 saturated heterocycles. The minimum Gasteiger partial charge on any atom is -0.497 e. The number of anilines is 1. The molecule has 1 aliphatic rings. The highest BCUT2D eigenvalue weighted by atomic mass is 32.2. The van der Waals surface area contributed by atoms with Crippen molar-refractivity contribution in [2.75, 3.05) is 25.5 Å². The Hall–Kier alpha value is -3.11. The van der Waals surface area contributed by atoms with Crippen molar-refractivity contribution in [3.05, 3.63) is 53.0 Å². The summed E-state index contributed by atoms with van der Waals surface area (Å²) < 4.78 is 37.5. The molecule has 1 amide bonds. The lowest BCUT2D eigenvalue weighted by Crippen LogP contribution is -2.43. The van der Waals surface area contributed by atoms with Gasteiger partial charge in [-0.15, -0.1) is 0 Å². The Morgan fingerprint density at radius 2 is 2.00 bits per heavy atom. The van der Waals surface area contributed by atoms with Crippen molar-refractivity contribution < 1.29 is 22.4 Å². The molecular formula is C20H21N3O6S. The third-order valence-corrected chi connectivity index (χ3v) is 7.00. The number of carbonyl (C=O) groups excluding carboxylic acids is 1. The minimum atomic E-state index is -3.83. The summed E-state index contributed by atoms with van der Waals surface area (Å²) in [6.07, 6.45) is 1.17. The summed E-state index contributed by atoms with van der Waals surface area (Å²) >= 11 is 0. The fraction of sp³-hybridized carbons (Fsp3) is 0.300. The van der Waals surface area contributed by atoms with Crippen LogP contribution in [0, 0.1) is 5.92 Å². The molecule has 1 aromatic heterocycles. The molecule has 1 atom stereocenters. The summed E-state index contributed by atoms with van der Waals surface area (Å²) in [5.41, 5.74) is 1.22. The molecule has 1 fully saturated rings. The average molecular weight is 431 g/mol. The van der Waals surface area contributed by atoms with Crippen LogP contribution in [-0.4, -0.2) is 43.8 Å². The zero-order chi connectivity index (χ0) is 21.3. The summed E-state index contributed by atoms with van der Waals surface area (Å²) in [4.78, 5) is 26.5. The molecule has 0 radical (unpaired) electrons. The van der Waals surface area contributed by atoms with Gasteiger partial charge in [-0.1, -0.05) is 0 Å². The Morgan fingerprint density at radius 3 is 2.73 bits per heavy atom. The number of benzene rings is 2. The van der Waals surface area contributed by atoms with Crippen LogP contribution in [0.5, 0.6) is 5.75 Å². The molecule has 3 aromatic rings. The van der Waals surface area contributed by atoms with Crippen molar-refractivity contribution in [3.63, 3.8) is 0 Å². The average Bonchev–Trinajstić information content (AvgIpc) is 3.13. The van der Waals surface area contributed by atoms with Crippen molar-refractivity contribution in [1.82, 2.24) is 9.29 Å². The fourth-order valence-corrected chi connectivity index (χ4v) is 5.07. The van der Waals surface area contributed by atoms with Gasteiger partial charge in [-0.3, -0.25) is 9.78 Å². The van der Waals surface area contributed by atoms with Crippen LogP contribution in [0.4, 0.5) is 5.69 Å². The molecular weight excluding hydrogens is 410 g/mol. The van der Waals surface area contributed by atoms with Gasteiger partial charge in [-0.05, 0) is 49.2 Å². The van der Waals surface area contributed by atoms with E-state index in [-0.39, 0.29) is 22.9 Å². The van der Waals surface area contributed by atoms with Crippen LogP contribution in [0.15, 0.2) is 56.6 Å². The summed E-state index contributed by atoms with van der Waals surface area (Å²) in [6.45, 7) is 0.406. The first-order valence-corrected chi connectivity index (χ1v) is 10.9. The van der Waals surface area contributed by atoms with Gasteiger partial charge in [0.15, 0.2) is 5.58 Å². The largest absolute Gasteiger partial charge is 0.497 e. The maximum atomic E-state index is 13.1. The van der Waals surface area contributed by atoms with E-state index in [0.717, 1.165) is 0 Å². The normalized spacial score (nSPS) is 17.7. The van der Waals surface area contributed by atoms with Crippen LogP contribution in [0.2, 0.25) is 0 Å². The number of sulfonamides is 1. The molecule has 0 unspecified atom stereocenters.